The molecule has 0 atom stereocenters. The molecule has 3 N–H and O–H groups in total. The fourth-order valence-electron chi connectivity index (χ4n) is 2.59. The van der Waals surface area contributed by atoms with Gasteiger partial charge in [-0.1, -0.05) is 30.9 Å². The van der Waals surface area contributed by atoms with Gasteiger partial charge >= 0.3 is 0 Å². The van der Waals surface area contributed by atoms with Crippen molar-refractivity contribution < 1.29 is 14.3 Å². The van der Waals surface area contributed by atoms with Crippen LogP contribution in [0.25, 0.3) is 0 Å². The van der Waals surface area contributed by atoms with Gasteiger partial charge in [0, 0.05) is 31.9 Å². The van der Waals surface area contributed by atoms with Gasteiger partial charge in [0.2, 0.25) is 5.91 Å². The van der Waals surface area contributed by atoms with E-state index in [4.69, 9.17) is 15.2 Å². The molecule has 1 aromatic rings. The SMILES string of the molecule is C=CCOc1ccccc1CNC(=O)C1(CN)CCOCC1.Cl. The Hall–Kier alpha value is -1.56. The average molecular weight is 341 g/mol. The molecule has 1 aromatic carbocycles. The zero-order valence-electron chi connectivity index (χ0n) is 13.3. The van der Waals surface area contributed by atoms with Crippen LogP contribution < -0.4 is 15.8 Å². The van der Waals surface area contributed by atoms with E-state index in [2.05, 4.69) is 11.9 Å². The molecule has 1 fully saturated rings. The van der Waals surface area contributed by atoms with Gasteiger partial charge in [0.05, 0.1) is 5.41 Å². The van der Waals surface area contributed by atoms with E-state index in [-0.39, 0.29) is 18.3 Å². The van der Waals surface area contributed by atoms with Crippen LogP contribution in [0.3, 0.4) is 0 Å². The van der Waals surface area contributed by atoms with Gasteiger partial charge < -0.3 is 20.5 Å². The maximum Gasteiger partial charge on any atom is 0.227 e. The van der Waals surface area contributed by atoms with Crippen molar-refractivity contribution in [3.63, 3.8) is 0 Å². The van der Waals surface area contributed by atoms with E-state index in [1.165, 1.54) is 0 Å². The molecule has 128 valence electrons. The second-order valence-corrected chi connectivity index (χ2v) is 5.49. The van der Waals surface area contributed by atoms with Crippen LogP contribution in [0.2, 0.25) is 0 Å². The number of benzene rings is 1. The summed E-state index contributed by atoms with van der Waals surface area (Å²) in [7, 11) is 0. The fourth-order valence-corrected chi connectivity index (χ4v) is 2.59. The van der Waals surface area contributed by atoms with Gasteiger partial charge in [0.25, 0.3) is 0 Å². The monoisotopic (exact) mass is 340 g/mol. The fraction of sp³-hybridized carbons (Fsp3) is 0.471. The van der Waals surface area contributed by atoms with Crippen LogP contribution >= 0.6 is 12.4 Å². The number of ether oxygens (including phenoxy) is 2. The van der Waals surface area contributed by atoms with Gasteiger partial charge in [-0.15, -0.1) is 12.4 Å². The van der Waals surface area contributed by atoms with Crippen LogP contribution in [0, 0.1) is 5.41 Å². The summed E-state index contributed by atoms with van der Waals surface area (Å²) < 4.78 is 10.9. The predicted molar refractivity (Wildman–Crippen MR) is 92.8 cm³/mol. The van der Waals surface area contributed by atoms with Gasteiger partial charge in [-0.2, -0.15) is 0 Å². The third-order valence-corrected chi connectivity index (χ3v) is 4.09. The number of nitrogens with two attached hydrogens (primary N) is 1. The van der Waals surface area contributed by atoms with Crippen molar-refractivity contribution in [1.82, 2.24) is 5.32 Å². The Morgan fingerprint density at radius 2 is 2.09 bits per heavy atom. The molecule has 0 radical (unpaired) electrons. The third kappa shape index (κ3) is 4.96. The minimum absolute atomic E-state index is 0. The molecule has 0 unspecified atom stereocenters. The molecule has 0 aromatic heterocycles. The number of halogens is 1. The number of hydrogen-bond acceptors (Lipinski definition) is 4. The Labute approximate surface area is 143 Å². The first-order chi connectivity index (χ1) is 10.7. The Morgan fingerprint density at radius 3 is 2.74 bits per heavy atom. The van der Waals surface area contributed by atoms with Crippen molar-refractivity contribution in [2.24, 2.45) is 11.1 Å². The Bertz CT molecular complexity index is 516. The molecule has 1 saturated heterocycles. The topological polar surface area (TPSA) is 73.6 Å². The highest BCUT2D eigenvalue weighted by Crippen LogP contribution is 2.29. The lowest BCUT2D eigenvalue weighted by atomic mass is 9.79. The van der Waals surface area contributed by atoms with Crippen molar-refractivity contribution in [3.8, 4) is 5.75 Å². The van der Waals surface area contributed by atoms with Crippen LogP contribution in [-0.2, 0) is 16.1 Å². The van der Waals surface area contributed by atoms with Crippen molar-refractivity contribution in [1.29, 1.82) is 0 Å². The van der Waals surface area contributed by atoms with Crippen molar-refractivity contribution in [3.05, 3.63) is 42.5 Å². The van der Waals surface area contributed by atoms with E-state index in [0.717, 1.165) is 11.3 Å². The molecular formula is C17H25ClN2O3. The second kappa shape index (κ2) is 9.55. The van der Waals surface area contributed by atoms with Gasteiger partial charge in [0.1, 0.15) is 12.4 Å². The summed E-state index contributed by atoms with van der Waals surface area (Å²) in [5.41, 5.74) is 6.29. The highest BCUT2D eigenvalue weighted by Gasteiger charge is 2.38. The Kier molecular flexibility index (Phi) is 8.09. The smallest absolute Gasteiger partial charge is 0.227 e. The lowest BCUT2D eigenvalue weighted by molar-refractivity contribution is -0.136. The zero-order valence-corrected chi connectivity index (χ0v) is 14.1. The van der Waals surface area contributed by atoms with Crippen LogP contribution in [0.4, 0.5) is 0 Å². The lowest BCUT2D eigenvalue weighted by Crippen LogP contribution is -2.49. The highest BCUT2D eigenvalue weighted by atomic mass is 35.5. The van der Waals surface area contributed by atoms with E-state index in [0.29, 0.717) is 45.8 Å². The summed E-state index contributed by atoms with van der Waals surface area (Å²) in [6.07, 6.45) is 3.04. The second-order valence-electron chi connectivity index (χ2n) is 5.49. The molecule has 0 saturated carbocycles. The van der Waals surface area contributed by atoms with Gasteiger partial charge in [-0.05, 0) is 18.9 Å². The molecule has 1 amide bonds. The maximum atomic E-state index is 12.5. The number of carbonyl (C=O) groups excluding carboxylic acids is 1. The van der Waals surface area contributed by atoms with Crippen molar-refractivity contribution in [2.45, 2.75) is 19.4 Å². The first-order valence-electron chi connectivity index (χ1n) is 7.59. The molecule has 1 aliphatic rings. The summed E-state index contributed by atoms with van der Waals surface area (Å²) >= 11 is 0. The number of amides is 1. The first kappa shape index (κ1) is 19.5. The van der Waals surface area contributed by atoms with E-state index in [9.17, 15) is 4.79 Å². The Morgan fingerprint density at radius 1 is 1.39 bits per heavy atom. The molecule has 0 spiro atoms. The number of para-hydroxylation sites is 1. The molecule has 23 heavy (non-hydrogen) atoms. The predicted octanol–water partition coefficient (Wildman–Crippen LogP) is 2.04. The van der Waals surface area contributed by atoms with Crippen LogP contribution in [-0.4, -0.2) is 32.3 Å². The molecular weight excluding hydrogens is 316 g/mol. The molecule has 5 nitrogen and oxygen atoms in total. The summed E-state index contributed by atoms with van der Waals surface area (Å²) in [6, 6.07) is 7.66. The number of rotatable bonds is 7. The van der Waals surface area contributed by atoms with Gasteiger partial charge in [-0.3, -0.25) is 4.79 Å². The van der Waals surface area contributed by atoms with E-state index >= 15 is 0 Å². The quantitative estimate of drug-likeness (QED) is 0.745. The number of carbonyl (C=O) groups is 1. The molecule has 2 rings (SSSR count). The summed E-state index contributed by atoms with van der Waals surface area (Å²) in [5.74, 6) is 0.758. The Balaban J connectivity index is 0.00000264. The van der Waals surface area contributed by atoms with E-state index < -0.39 is 5.41 Å². The van der Waals surface area contributed by atoms with E-state index in [1.807, 2.05) is 24.3 Å². The third-order valence-electron chi connectivity index (χ3n) is 4.09. The first-order valence-corrected chi connectivity index (χ1v) is 7.59. The van der Waals surface area contributed by atoms with Crippen LogP contribution in [0.1, 0.15) is 18.4 Å². The number of nitrogens with one attached hydrogen (secondary N) is 1. The van der Waals surface area contributed by atoms with E-state index in [1.54, 1.807) is 6.08 Å². The normalized spacial score (nSPS) is 16.0. The summed E-state index contributed by atoms with van der Waals surface area (Å²) in [4.78, 5) is 12.5. The molecule has 0 aliphatic carbocycles. The highest BCUT2D eigenvalue weighted by molar-refractivity contribution is 5.85. The van der Waals surface area contributed by atoms with Gasteiger partial charge in [0.15, 0.2) is 0 Å². The van der Waals surface area contributed by atoms with Gasteiger partial charge in [-0.25, -0.2) is 0 Å². The van der Waals surface area contributed by atoms with Crippen molar-refractivity contribution in [2.75, 3.05) is 26.4 Å². The van der Waals surface area contributed by atoms with Crippen LogP contribution in [0.15, 0.2) is 36.9 Å². The molecule has 1 heterocycles. The maximum absolute atomic E-state index is 12.5. The largest absolute Gasteiger partial charge is 0.489 e. The molecule has 1 aliphatic heterocycles. The summed E-state index contributed by atoms with van der Waals surface area (Å²) in [5, 5.41) is 3.00. The van der Waals surface area contributed by atoms with Crippen molar-refractivity contribution >= 4 is 18.3 Å². The lowest BCUT2D eigenvalue weighted by Gasteiger charge is -2.34. The molecule has 6 heteroatoms. The average Bonchev–Trinajstić information content (AvgIpc) is 2.59. The number of hydrogen-bond donors (Lipinski definition) is 2. The van der Waals surface area contributed by atoms with Crippen LogP contribution in [0.5, 0.6) is 5.75 Å². The molecule has 0 bridgehead atoms. The zero-order chi connectivity index (χ0) is 15.8. The standard InChI is InChI=1S/C17H24N2O3.ClH/c1-2-9-22-15-6-4-3-5-14(15)12-19-16(20)17(13-18)7-10-21-11-8-17;/h2-6H,1,7-13,18H2,(H,19,20);1H. The summed E-state index contributed by atoms with van der Waals surface area (Å²) in [6.45, 7) is 6.02. The minimum atomic E-state index is -0.505. The minimum Gasteiger partial charge on any atom is -0.489 e.